The van der Waals surface area contributed by atoms with Gasteiger partial charge in [0.1, 0.15) is 0 Å². The summed E-state index contributed by atoms with van der Waals surface area (Å²) >= 11 is 0. The predicted molar refractivity (Wildman–Crippen MR) is 98.2 cm³/mol. The highest BCUT2D eigenvalue weighted by atomic mass is 16.7. The van der Waals surface area contributed by atoms with E-state index in [9.17, 15) is 9.59 Å². The second kappa shape index (κ2) is 5.89. The van der Waals surface area contributed by atoms with Crippen LogP contribution in [-0.2, 0) is 34.3 Å². The van der Waals surface area contributed by atoms with Crippen LogP contribution in [0.5, 0.6) is 0 Å². The van der Waals surface area contributed by atoms with Gasteiger partial charge in [-0.1, -0.05) is 24.3 Å². The fourth-order valence-electron chi connectivity index (χ4n) is 5.27. The monoisotopic (exact) mass is 385 g/mol. The molecule has 1 spiro atoms. The van der Waals surface area contributed by atoms with Gasteiger partial charge in [-0.15, -0.1) is 6.58 Å². The number of carbonyl (C=O) groups excluding carboxylic acids is 2. The van der Waals surface area contributed by atoms with Crippen molar-refractivity contribution in [3.63, 3.8) is 0 Å². The molecule has 0 saturated carbocycles. The summed E-state index contributed by atoms with van der Waals surface area (Å²) in [5.74, 6) is -2.39. The number of benzene rings is 1. The average Bonchev–Trinajstić information content (AvgIpc) is 3.27. The zero-order chi connectivity index (χ0) is 19.6. The Kier molecular flexibility index (Phi) is 3.75. The van der Waals surface area contributed by atoms with Crippen molar-refractivity contribution in [2.45, 2.75) is 43.3 Å². The average molecular weight is 385 g/mol. The Morgan fingerprint density at radius 2 is 2.25 bits per heavy atom. The first kappa shape index (κ1) is 17.8. The largest absolute Gasteiger partial charge is 0.463 e. The highest BCUT2D eigenvalue weighted by Gasteiger charge is 2.85. The molecule has 0 radical (unpaired) electrons. The Morgan fingerprint density at radius 1 is 1.43 bits per heavy atom. The molecule has 7 heteroatoms. The molecule has 7 nitrogen and oxygen atoms in total. The lowest BCUT2D eigenvalue weighted by molar-refractivity contribution is -0.351. The quantitative estimate of drug-likeness (QED) is 0.324. The van der Waals surface area contributed by atoms with Gasteiger partial charge in [0.15, 0.2) is 0 Å². The SMILES string of the molecule is C=CCCOC12OCCC3C[C@]4(C(=O)OCC)O[C@@]31N(C4=O)c1ccccc12. The predicted octanol–water partition coefficient (Wildman–Crippen LogP) is 2.25. The molecule has 1 aromatic rings. The zero-order valence-corrected chi connectivity index (χ0v) is 15.8. The number of nitrogens with zero attached hydrogens (tertiary/aromatic N) is 1. The van der Waals surface area contributed by atoms with Crippen LogP contribution in [0.2, 0.25) is 0 Å². The zero-order valence-electron chi connectivity index (χ0n) is 15.8. The topological polar surface area (TPSA) is 74.3 Å². The summed E-state index contributed by atoms with van der Waals surface area (Å²) in [5, 5.41) is 0. The van der Waals surface area contributed by atoms with Gasteiger partial charge < -0.3 is 18.9 Å². The number of piperidine rings is 1. The lowest BCUT2D eigenvalue weighted by Crippen LogP contribution is -2.66. The third-order valence-corrected chi connectivity index (χ3v) is 6.27. The molecule has 5 rings (SSSR count). The number of para-hydroxylation sites is 1. The number of carbonyl (C=O) groups is 2. The van der Waals surface area contributed by atoms with Crippen molar-refractivity contribution >= 4 is 17.6 Å². The van der Waals surface area contributed by atoms with E-state index in [1.807, 2.05) is 24.3 Å². The van der Waals surface area contributed by atoms with Gasteiger partial charge in [0.05, 0.1) is 25.5 Å². The van der Waals surface area contributed by atoms with Crippen molar-refractivity contribution < 1.29 is 28.5 Å². The van der Waals surface area contributed by atoms with Crippen LogP contribution in [0.1, 0.15) is 31.7 Å². The Labute approximate surface area is 163 Å². The summed E-state index contributed by atoms with van der Waals surface area (Å²) in [6.07, 6.45) is 3.35. The highest BCUT2D eigenvalue weighted by molar-refractivity contribution is 6.18. The molecule has 0 N–H and O–H groups in total. The summed E-state index contributed by atoms with van der Waals surface area (Å²) in [7, 11) is 0. The number of anilines is 1. The first-order valence-electron chi connectivity index (χ1n) is 9.78. The van der Waals surface area contributed by atoms with E-state index in [0.29, 0.717) is 31.7 Å². The van der Waals surface area contributed by atoms with Gasteiger partial charge in [0.25, 0.3) is 5.91 Å². The third-order valence-electron chi connectivity index (χ3n) is 6.27. The minimum Gasteiger partial charge on any atom is -0.463 e. The van der Waals surface area contributed by atoms with E-state index >= 15 is 0 Å². The van der Waals surface area contributed by atoms with Gasteiger partial charge >= 0.3 is 5.97 Å². The molecular formula is C21H23NO6. The van der Waals surface area contributed by atoms with Gasteiger partial charge in [-0.3, -0.25) is 9.69 Å². The fraction of sp³-hybridized carbons (Fsp3) is 0.524. The normalized spacial score (nSPS) is 37.0. The van der Waals surface area contributed by atoms with Crippen LogP contribution in [0, 0.1) is 5.92 Å². The Morgan fingerprint density at radius 3 is 3.04 bits per heavy atom. The maximum absolute atomic E-state index is 13.5. The maximum Gasteiger partial charge on any atom is 0.348 e. The van der Waals surface area contributed by atoms with Crippen LogP contribution in [-0.4, -0.2) is 43.0 Å². The smallest absolute Gasteiger partial charge is 0.348 e. The van der Waals surface area contributed by atoms with Crippen molar-refractivity contribution in [2.24, 2.45) is 5.92 Å². The molecule has 3 saturated heterocycles. The van der Waals surface area contributed by atoms with Crippen LogP contribution in [0.4, 0.5) is 5.69 Å². The van der Waals surface area contributed by atoms with Crippen molar-refractivity contribution in [3.8, 4) is 0 Å². The van der Waals surface area contributed by atoms with Gasteiger partial charge in [-0.05, 0) is 25.8 Å². The first-order valence-corrected chi connectivity index (χ1v) is 9.78. The summed E-state index contributed by atoms with van der Waals surface area (Å²) in [6.45, 7) is 6.47. The molecule has 2 unspecified atom stereocenters. The molecule has 2 bridgehead atoms. The molecule has 3 fully saturated rings. The molecule has 4 aliphatic heterocycles. The lowest BCUT2D eigenvalue weighted by atomic mass is 9.76. The van der Waals surface area contributed by atoms with Crippen LogP contribution < -0.4 is 4.90 Å². The third kappa shape index (κ3) is 1.80. The maximum atomic E-state index is 13.5. The van der Waals surface area contributed by atoms with E-state index in [-0.39, 0.29) is 18.9 Å². The Bertz CT molecular complexity index is 870. The lowest BCUT2D eigenvalue weighted by Gasteiger charge is -2.49. The second-order valence-electron chi connectivity index (χ2n) is 7.58. The van der Waals surface area contributed by atoms with Gasteiger partial charge in [-0.2, -0.15) is 0 Å². The number of rotatable bonds is 6. The van der Waals surface area contributed by atoms with Crippen LogP contribution >= 0.6 is 0 Å². The summed E-state index contributed by atoms with van der Waals surface area (Å²) < 4.78 is 24.2. The molecule has 4 aliphatic rings. The molecule has 0 aliphatic carbocycles. The van der Waals surface area contributed by atoms with E-state index in [1.165, 1.54) is 0 Å². The summed E-state index contributed by atoms with van der Waals surface area (Å²) in [6, 6.07) is 7.50. The van der Waals surface area contributed by atoms with Crippen molar-refractivity contribution in [2.75, 3.05) is 24.7 Å². The highest BCUT2D eigenvalue weighted by Crippen LogP contribution is 2.69. The van der Waals surface area contributed by atoms with E-state index in [4.69, 9.17) is 18.9 Å². The van der Waals surface area contributed by atoms with Gasteiger partial charge in [0.2, 0.25) is 17.1 Å². The van der Waals surface area contributed by atoms with Crippen LogP contribution in [0.3, 0.4) is 0 Å². The molecule has 148 valence electrons. The standard InChI is InChI=1S/C21H23NO6/c1-3-5-11-26-21-15-8-6-7-9-16(15)22-17(23)19(18(24)25-4-2)13-14(10-12-27-21)20(21,22)28-19/h3,6-9,14H,1,4-5,10-13H2,2H3/t14?,19-,20-,21?/m0/s1. The van der Waals surface area contributed by atoms with Crippen molar-refractivity contribution in [1.82, 2.24) is 0 Å². The number of esters is 1. The van der Waals surface area contributed by atoms with E-state index in [1.54, 1.807) is 17.9 Å². The fourth-order valence-corrected chi connectivity index (χ4v) is 5.27. The van der Waals surface area contributed by atoms with Crippen LogP contribution in [0.15, 0.2) is 36.9 Å². The Hall–Kier alpha value is -2.22. The number of ether oxygens (including phenoxy) is 4. The number of hydrogen-bond donors (Lipinski definition) is 0. The van der Waals surface area contributed by atoms with Crippen molar-refractivity contribution in [1.29, 1.82) is 0 Å². The molecule has 1 amide bonds. The van der Waals surface area contributed by atoms with E-state index < -0.39 is 29.0 Å². The first-order chi connectivity index (χ1) is 13.6. The van der Waals surface area contributed by atoms with E-state index in [0.717, 1.165) is 5.56 Å². The molecule has 28 heavy (non-hydrogen) atoms. The molecular weight excluding hydrogens is 362 g/mol. The van der Waals surface area contributed by atoms with Gasteiger partial charge in [-0.25, -0.2) is 4.79 Å². The van der Waals surface area contributed by atoms with Crippen molar-refractivity contribution in [3.05, 3.63) is 42.5 Å². The summed E-state index contributed by atoms with van der Waals surface area (Å²) in [4.78, 5) is 28.0. The number of fused-ring (bicyclic) bond motifs is 4. The number of amides is 1. The second-order valence-corrected chi connectivity index (χ2v) is 7.58. The number of hydrogen-bond acceptors (Lipinski definition) is 6. The Balaban J connectivity index is 1.70. The minimum atomic E-state index is -1.63. The van der Waals surface area contributed by atoms with Crippen LogP contribution in [0.25, 0.3) is 0 Å². The molecule has 1 aromatic carbocycles. The summed E-state index contributed by atoms with van der Waals surface area (Å²) in [5.41, 5.74) is -1.39. The molecule has 4 atom stereocenters. The minimum absolute atomic E-state index is 0.0977. The van der Waals surface area contributed by atoms with E-state index in [2.05, 4.69) is 6.58 Å². The molecule has 4 heterocycles. The van der Waals surface area contributed by atoms with Gasteiger partial charge in [0, 0.05) is 17.9 Å². The molecule has 0 aromatic heterocycles.